The summed E-state index contributed by atoms with van der Waals surface area (Å²) >= 11 is 6.10. The second-order valence-corrected chi connectivity index (χ2v) is 8.71. The summed E-state index contributed by atoms with van der Waals surface area (Å²) in [5.74, 6) is -1.18. The Bertz CT molecular complexity index is 911. The number of sulfonamides is 1. The van der Waals surface area contributed by atoms with Crippen LogP contribution in [-0.4, -0.2) is 74.7 Å². The van der Waals surface area contributed by atoms with E-state index in [0.717, 1.165) is 0 Å². The Hall–Kier alpha value is -2.33. The molecule has 0 atom stereocenters. The van der Waals surface area contributed by atoms with Gasteiger partial charge in [0.05, 0.1) is 23.1 Å². The molecule has 0 saturated carbocycles. The Balaban J connectivity index is 1.77. The van der Waals surface area contributed by atoms with E-state index in [2.05, 4.69) is 0 Å². The van der Waals surface area contributed by atoms with Crippen molar-refractivity contribution >= 4 is 45.2 Å². The molecule has 2 fully saturated rings. The van der Waals surface area contributed by atoms with Crippen LogP contribution in [0.4, 0.5) is 10.5 Å². The lowest BCUT2D eigenvalue weighted by atomic mass is 10.1. The van der Waals surface area contributed by atoms with Crippen LogP contribution in [-0.2, 0) is 19.6 Å². The summed E-state index contributed by atoms with van der Waals surface area (Å²) in [6, 6.07) is 4.21. The van der Waals surface area contributed by atoms with Crippen molar-refractivity contribution in [2.45, 2.75) is 13.3 Å². The van der Waals surface area contributed by atoms with Crippen LogP contribution in [0.1, 0.15) is 23.7 Å². The van der Waals surface area contributed by atoms with Gasteiger partial charge in [-0.05, 0) is 25.1 Å². The highest BCUT2D eigenvalue weighted by atomic mass is 35.5. The molecule has 152 valence electrons. The van der Waals surface area contributed by atoms with Crippen LogP contribution in [0.25, 0.3) is 0 Å². The highest BCUT2D eigenvalue weighted by molar-refractivity contribution is 7.94. The van der Waals surface area contributed by atoms with Crippen molar-refractivity contribution in [1.82, 2.24) is 9.80 Å². The maximum absolute atomic E-state index is 12.8. The number of hydrogen-bond donors (Lipinski definition) is 0. The molecule has 0 bridgehead atoms. The average molecular weight is 430 g/mol. The first-order valence-electron chi connectivity index (χ1n) is 8.81. The van der Waals surface area contributed by atoms with E-state index in [1.54, 1.807) is 11.8 Å². The summed E-state index contributed by atoms with van der Waals surface area (Å²) in [7, 11) is -3.79. The number of carbonyl (C=O) groups excluding carboxylic acids is 3. The van der Waals surface area contributed by atoms with E-state index in [1.807, 2.05) is 0 Å². The van der Waals surface area contributed by atoms with Crippen molar-refractivity contribution in [1.29, 1.82) is 0 Å². The average Bonchev–Trinajstić information content (AvgIpc) is 2.94. The third-order valence-electron chi connectivity index (χ3n) is 4.58. The zero-order chi connectivity index (χ0) is 20.5. The van der Waals surface area contributed by atoms with E-state index < -0.39 is 22.0 Å². The fourth-order valence-electron chi connectivity index (χ4n) is 3.14. The molecule has 2 heterocycles. The van der Waals surface area contributed by atoms with E-state index in [0.29, 0.717) is 30.5 Å². The van der Waals surface area contributed by atoms with Crippen molar-refractivity contribution in [3.63, 3.8) is 0 Å². The van der Waals surface area contributed by atoms with Crippen LogP contribution in [0.2, 0.25) is 5.02 Å². The fraction of sp³-hybridized carbons (Fsp3) is 0.471. The first kappa shape index (κ1) is 20.4. The Labute approximate surface area is 167 Å². The normalized spacial score (nSPS) is 19.1. The third-order valence-corrected chi connectivity index (χ3v) is 6.58. The molecule has 0 spiro atoms. The Morgan fingerprint density at radius 3 is 2.36 bits per heavy atom. The topological polar surface area (TPSA) is 104 Å². The van der Waals surface area contributed by atoms with Gasteiger partial charge < -0.3 is 14.5 Å². The molecule has 0 unspecified atom stereocenters. The minimum absolute atomic E-state index is 0.0137. The van der Waals surface area contributed by atoms with Gasteiger partial charge in [-0.25, -0.2) is 17.5 Å². The monoisotopic (exact) mass is 429 g/mol. The fourth-order valence-corrected chi connectivity index (χ4v) is 4.86. The molecule has 3 rings (SSSR count). The van der Waals surface area contributed by atoms with Crippen LogP contribution in [0.5, 0.6) is 0 Å². The second-order valence-electron chi connectivity index (χ2n) is 6.37. The number of carbonyl (C=O) groups is 3. The molecular weight excluding hydrogens is 410 g/mol. The van der Waals surface area contributed by atoms with Gasteiger partial charge in [-0.2, -0.15) is 0 Å². The zero-order valence-electron chi connectivity index (χ0n) is 15.3. The van der Waals surface area contributed by atoms with Gasteiger partial charge in [0.1, 0.15) is 0 Å². The van der Waals surface area contributed by atoms with E-state index in [1.165, 1.54) is 23.1 Å². The molecular formula is C17H20ClN3O6S. The van der Waals surface area contributed by atoms with Gasteiger partial charge in [0.25, 0.3) is 5.91 Å². The van der Waals surface area contributed by atoms with Gasteiger partial charge in [0.15, 0.2) is 0 Å². The standard InChI is InChI=1S/C17H20ClN3O6S/c1-2-27-17(24)20-8-6-19(7-9-20)16(23)12-3-4-13(18)14(11-12)21-15(22)5-10-28(21,25)26/h3-4,11H,2,5-10H2,1H3. The predicted molar refractivity (Wildman–Crippen MR) is 102 cm³/mol. The molecule has 2 aliphatic heterocycles. The molecule has 1 aromatic carbocycles. The highest BCUT2D eigenvalue weighted by Gasteiger charge is 2.38. The second kappa shape index (κ2) is 7.96. The number of halogens is 1. The summed E-state index contributed by atoms with van der Waals surface area (Å²) in [5.41, 5.74) is 0.207. The first-order chi connectivity index (χ1) is 13.2. The maximum Gasteiger partial charge on any atom is 0.409 e. The first-order valence-corrected chi connectivity index (χ1v) is 10.8. The summed E-state index contributed by atoms with van der Waals surface area (Å²) < 4.78 is 29.9. The molecule has 2 aliphatic rings. The molecule has 0 aliphatic carbocycles. The van der Waals surface area contributed by atoms with Crippen LogP contribution in [0.3, 0.4) is 0 Å². The van der Waals surface area contributed by atoms with Gasteiger partial charge in [0, 0.05) is 38.2 Å². The lowest BCUT2D eigenvalue weighted by molar-refractivity contribution is -0.116. The predicted octanol–water partition coefficient (Wildman–Crippen LogP) is 1.32. The third kappa shape index (κ3) is 3.93. The lowest BCUT2D eigenvalue weighted by Crippen LogP contribution is -2.50. The quantitative estimate of drug-likeness (QED) is 0.717. The van der Waals surface area contributed by atoms with E-state index in [-0.39, 0.29) is 41.0 Å². The molecule has 1 aromatic rings. The maximum atomic E-state index is 12.8. The largest absolute Gasteiger partial charge is 0.450 e. The number of rotatable bonds is 3. The van der Waals surface area contributed by atoms with Crippen LogP contribution in [0.15, 0.2) is 18.2 Å². The number of anilines is 1. The van der Waals surface area contributed by atoms with Crippen LogP contribution < -0.4 is 4.31 Å². The van der Waals surface area contributed by atoms with E-state index >= 15 is 0 Å². The van der Waals surface area contributed by atoms with Crippen molar-refractivity contribution in [3.8, 4) is 0 Å². The molecule has 28 heavy (non-hydrogen) atoms. The molecule has 0 N–H and O–H groups in total. The molecule has 3 amide bonds. The van der Waals surface area contributed by atoms with Crippen molar-refractivity contribution in [2.24, 2.45) is 0 Å². The summed E-state index contributed by atoms with van der Waals surface area (Å²) in [4.78, 5) is 39.7. The van der Waals surface area contributed by atoms with Crippen LogP contribution >= 0.6 is 11.6 Å². The SMILES string of the molecule is CCOC(=O)N1CCN(C(=O)c2ccc(Cl)c(N3C(=O)CCS3(=O)=O)c2)CC1. The molecule has 9 nitrogen and oxygen atoms in total. The van der Waals surface area contributed by atoms with Gasteiger partial charge in [-0.3, -0.25) is 9.59 Å². The minimum atomic E-state index is -3.79. The molecule has 11 heteroatoms. The van der Waals surface area contributed by atoms with Gasteiger partial charge in [0.2, 0.25) is 15.9 Å². The number of hydrogen-bond acceptors (Lipinski definition) is 6. The summed E-state index contributed by atoms with van der Waals surface area (Å²) in [5, 5.41) is 0.0718. The van der Waals surface area contributed by atoms with Crippen molar-refractivity contribution < 1.29 is 27.5 Å². The number of amides is 3. The Kier molecular flexibility index (Phi) is 5.80. The minimum Gasteiger partial charge on any atom is -0.450 e. The molecule has 2 saturated heterocycles. The summed E-state index contributed by atoms with van der Waals surface area (Å²) in [6.45, 7) is 3.31. The smallest absolute Gasteiger partial charge is 0.409 e. The zero-order valence-corrected chi connectivity index (χ0v) is 16.8. The number of piperazine rings is 1. The number of benzene rings is 1. The van der Waals surface area contributed by atoms with Crippen LogP contribution in [0, 0.1) is 0 Å². The van der Waals surface area contributed by atoms with Crippen molar-refractivity contribution in [2.75, 3.05) is 42.8 Å². The van der Waals surface area contributed by atoms with Gasteiger partial charge >= 0.3 is 6.09 Å². The van der Waals surface area contributed by atoms with Gasteiger partial charge in [-0.1, -0.05) is 11.6 Å². The van der Waals surface area contributed by atoms with Gasteiger partial charge in [-0.15, -0.1) is 0 Å². The molecule has 0 radical (unpaired) electrons. The number of nitrogens with zero attached hydrogens (tertiary/aromatic N) is 3. The lowest BCUT2D eigenvalue weighted by Gasteiger charge is -2.34. The highest BCUT2D eigenvalue weighted by Crippen LogP contribution is 2.33. The van der Waals surface area contributed by atoms with Crippen molar-refractivity contribution in [3.05, 3.63) is 28.8 Å². The van der Waals surface area contributed by atoms with E-state index in [4.69, 9.17) is 16.3 Å². The summed E-state index contributed by atoms with van der Waals surface area (Å²) in [6.07, 6.45) is -0.534. The number of ether oxygens (including phenoxy) is 1. The Morgan fingerprint density at radius 1 is 1.14 bits per heavy atom. The van der Waals surface area contributed by atoms with E-state index in [9.17, 15) is 22.8 Å². The molecule has 0 aromatic heterocycles. The Morgan fingerprint density at radius 2 is 1.79 bits per heavy atom.